The number of piperidine rings is 1. The van der Waals surface area contributed by atoms with Gasteiger partial charge in [-0.25, -0.2) is 9.97 Å². The molecule has 2 heterocycles. The zero-order chi connectivity index (χ0) is 13.7. The van der Waals surface area contributed by atoms with Crippen LogP contribution < -0.4 is 16.4 Å². The molecule has 0 aromatic carbocycles. The molecule has 0 radical (unpaired) electrons. The number of nitrogens with one attached hydrogen (secondary N) is 2. The van der Waals surface area contributed by atoms with Gasteiger partial charge < -0.3 is 21.3 Å². The number of anilines is 2. The van der Waals surface area contributed by atoms with Crippen molar-refractivity contribution in [2.24, 2.45) is 5.73 Å². The van der Waals surface area contributed by atoms with E-state index in [0.29, 0.717) is 12.6 Å². The lowest BCUT2D eigenvalue weighted by molar-refractivity contribution is 0.263. The molecule has 4 N–H and O–H groups in total. The molecule has 2 rings (SSSR count). The monoisotopic (exact) mass is 264 g/mol. The van der Waals surface area contributed by atoms with E-state index in [1.54, 1.807) is 0 Å². The van der Waals surface area contributed by atoms with Gasteiger partial charge in [0.2, 0.25) is 0 Å². The standard InChI is InChI=1S/C13H24N6/c1-10-16-12(15-6-5-14)9-13(17-10)18-11-3-7-19(2)8-4-11/h9,11H,3-8,14H2,1-2H3,(H2,15,16,17,18). The van der Waals surface area contributed by atoms with Crippen LogP contribution in [0.5, 0.6) is 0 Å². The molecule has 19 heavy (non-hydrogen) atoms. The zero-order valence-corrected chi connectivity index (χ0v) is 11.8. The second-order valence-corrected chi connectivity index (χ2v) is 5.12. The summed E-state index contributed by atoms with van der Waals surface area (Å²) in [6, 6.07) is 2.47. The number of likely N-dealkylation sites (tertiary alicyclic amines) is 1. The van der Waals surface area contributed by atoms with Crippen LogP contribution in [0.1, 0.15) is 18.7 Å². The first kappa shape index (κ1) is 14.0. The highest BCUT2D eigenvalue weighted by Gasteiger charge is 2.17. The third-order valence-electron chi connectivity index (χ3n) is 3.36. The molecule has 0 atom stereocenters. The lowest BCUT2D eigenvalue weighted by Gasteiger charge is -2.29. The molecule has 1 fully saturated rings. The maximum atomic E-state index is 5.49. The van der Waals surface area contributed by atoms with Gasteiger partial charge in [0, 0.05) is 25.2 Å². The molecule has 6 heteroatoms. The second-order valence-electron chi connectivity index (χ2n) is 5.12. The van der Waals surface area contributed by atoms with Gasteiger partial charge in [0.1, 0.15) is 17.5 Å². The molecule has 0 spiro atoms. The Morgan fingerprint density at radius 2 is 2.00 bits per heavy atom. The van der Waals surface area contributed by atoms with Gasteiger partial charge in [-0.1, -0.05) is 0 Å². The lowest BCUT2D eigenvalue weighted by Crippen LogP contribution is -2.36. The fourth-order valence-corrected chi connectivity index (χ4v) is 2.29. The fourth-order valence-electron chi connectivity index (χ4n) is 2.29. The van der Waals surface area contributed by atoms with Crippen molar-refractivity contribution >= 4 is 11.6 Å². The molecule has 1 saturated heterocycles. The van der Waals surface area contributed by atoms with E-state index in [9.17, 15) is 0 Å². The molecule has 0 aliphatic carbocycles. The van der Waals surface area contributed by atoms with Crippen molar-refractivity contribution in [1.82, 2.24) is 14.9 Å². The van der Waals surface area contributed by atoms with E-state index >= 15 is 0 Å². The molecule has 0 unspecified atom stereocenters. The maximum Gasteiger partial charge on any atom is 0.132 e. The SMILES string of the molecule is Cc1nc(NCCN)cc(NC2CCN(C)CC2)n1. The first-order valence-electron chi connectivity index (χ1n) is 6.92. The van der Waals surface area contributed by atoms with E-state index in [-0.39, 0.29) is 0 Å². The Hall–Kier alpha value is -1.40. The Balaban J connectivity index is 1.97. The second kappa shape index (κ2) is 6.68. The highest BCUT2D eigenvalue weighted by Crippen LogP contribution is 2.16. The predicted octanol–water partition coefficient (Wildman–Crippen LogP) is 0.662. The molecule has 106 valence electrons. The number of nitrogens with zero attached hydrogens (tertiary/aromatic N) is 3. The number of nitrogens with two attached hydrogens (primary N) is 1. The van der Waals surface area contributed by atoms with Crippen LogP contribution in [-0.2, 0) is 0 Å². The summed E-state index contributed by atoms with van der Waals surface area (Å²) in [6.07, 6.45) is 2.32. The zero-order valence-electron chi connectivity index (χ0n) is 11.8. The van der Waals surface area contributed by atoms with Crippen molar-refractivity contribution < 1.29 is 0 Å². The van der Waals surface area contributed by atoms with Crippen LogP contribution in [-0.4, -0.2) is 54.1 Å². The van der Waals surface area contributed by atoms with Gasteiger partial charge in [0.25, 0.3) is 0 Å². The Kier molecular flexibility index (Phi) is 4.93. The molecular weight excluding hydrogens is 240 g/mol. The Bertz CT molecular complexity index is 400. The summed E-state index contributed by atoms with van der Waals surface area (Å²) in [5.41, 5.74) is 5.49. The molecule has 0 bridgehead atoms. The molecule has 1 aliphatic rings. The molecule has 0 saturated carbocycles. The number of hydrogen-bond acceptors (Lipinski definition) is 6. The highest BCUT2D eigenvalue weighted by molar-refractivity contribution is 5.48. The van der Waals surface area contributed by atoms with Crippen molar-refractivity contribution in [2.75, 3.05) is 43.9 Å². The first-order valence-corrected chi connectivity index (χ1v) is 6.92. The first-order chi connectivity index (χ1) is 9.17. The minimum Gasteiger partial charge on any atom is -0.369 e. The molecule has 0 amide bonds. The summed E-state index contributed by atoms with van der Waals surface area (Å²) in [5, 5.41) is 6.71. The summed E-state index contributed by atoms with van der Waals surface area (Å²) >= 11 is 0. The van der Waals surface area contributed by atoms with Gasteiger partial charge >= 0.3 is 0 Å². The maximum absolute atomic E-state index is 5.49. The third kappa shape index (κ3) is 4.33. The highest BCUT2D eigenvalue weighted by atomic mass is 15.1. The van der Waals surface area contributed by atoms with Crippen LogP contribution in [0.4, 0.5) is 11.6 Å². The van der Waals surface area contributed by atoms with Crippen LogP contribution in [0.25, 0.3) is 0 Å². The third-order valence-corrected chi connectivity index (χ3v) is 3.36. The molecule has 1 aromatic heterocycles. The van der Waals surface area contributed by atoms with Gasteiger partial charge in [0.05, 0.1) is 0 Å². The number of rotatable bonds is 5. The number of hydrogen-bond donors (Lipinski definition) is 3. The Morgan fingerprint density at radius 1 is 1.32 bits per heavy atom. The van der Waals surface area contributed by atoms with Gasteiger partial charge in [0.15, 0.2) is 0 Å². The summed E-state index contributed by atoms with van der Waals surface area (Å²) < 4.78 is 0. The van der Waals surface area contributed by atoms with E-state index in [2.05, 4.69) is 32.5 Å². The number of aryl methyl sites for hydroxylation is 1. The Morgan fingerprint density at radius 3 is 2.68 bits per heavy atom. The quantitative estimate of drug-likeness (QED) is 0.725. The smallest absolute Gasteiger partial charge is 0.132 e. The normalized spacial score (nSPS) is 17.4. The molecular formula is C13H24N6. The molecule has 1 aliphatic heterocycles. The van der Waals surface area contributed by atoms with Gasteiger partial charge in [-0.3, -0.25) is 0 Å². The summed E-state index contributed by atoms with van der Waals surface area (Å²) in [5.74, 6) is 2.52. The van der Waals surface area contributed by atoms with Crippen LogP contribution in [0, 0.1) is 6.92 Å². The fraction of sp³-hybridized carbons (Fsp3) is 0.692. The summed E-state index contributed by atoms with van der Waals surface area (Å²) in [4.78, 5) is 11.2. The minimum absolute atomic E-state index is 0.507. The van der Waals surface area contributed by atoms with Crippen LogP contribution >= 0.6 is 0 Å². The van der Waals surface area contributed by atoms with Crippen molar-refractivity contribution in [3.8, 4) is 0 Å². The van der Waals surface area contributed by atoms with Crippen molar-refractivity contribution in [2.45, 2.75) is 25.8 Å². The predicted molar refractivity (Wildman–Crippen MR) is 78.5 cm³/mol. The van der Waals surface area contributed by atoms with Crippen LogP contribution in [0.3, 0.4) is 0 Å². The summed E-state index contributed by atoms with van der Waals surface area (Å²) in [6.45, 7) is 5.51. The largest absolute Gasteiger partial charge is 0.369 e. The van der Waals surface area contributed by atoms with Crippen molar-refractivity contribution in [3.05, 3.63) is 11.9 Å². The average molecular weight is 264 g/mol. The van der Waals surface area contributed by atoms with Gasteiger partial charge in [-0.05, 0) is 39.9 Å². The average Bonchev–Trinajstić information content (AvgIpc) is 2.38. The summed E-state index contributed by atoms with van der Waals surface area (Å²) in [7, 11) is 2.17. The Labute approximate surface area is 114 Å². The van der Waals surface area contributed by atoms with E-state index < -0.39 is 0 Å². The van der Waals surface area contributed by atoms with Crippen LogP contribution in [0.15, 0.2) is 6.07 Å². The van der Waals surface area contributed by atoms with Gasteiger partial charge in [-0.15, -0.1) is 0 Å². The molecule has 6 nitrogen and oxygen atoms in total. The molecule has 1 aromatic rings. The van der Waals surface area contributed by atoms with Crippen molar-refractivity contribution in [3.63, 3.8) is 0 Å². The van der Waals surface area contributed by atoms with E-state index in [4.69, 9.17) is 5.73 Å². The topological polar surface area (TPSA) is 79.1 Å². The van der Waals surface area contributed by atoms with Gasteiger partial charge in [-0.2, -0.15) is 0 Å². The minimum atomic E-state index is 0.507. The lowest BCUT2D eigenvalue weighted by atomic mass is 10.1. The van der Waals surface area contributed by atoms with Crippen molar-refractivity contribution in [1.29, 1.82) is 0 Å². The van der Waals surface area contributed by atoms with E-state index in [1.807, 2.05) is 13.0 Å². The van der Waals surface area contributed by atoms with Crippen LogP contribution in [0.2, 0.25) is 0 Å². The number of aromatic nitrogens is 2. The van der Waals surface area contributed by atoms with E-state index in [1.165, 1.54) is 0 Å². The van der Waals surface area contributed by atoms with E-state index in [0.717, 1.165) is 49.9 Å².